The van der Waals surface area contributed by atoms with E-state index in [1.165, 1.54) is 0 Å². The van der Waals surface area contributed by atoms with Crippen LogP contribution in [0.2, 0.25) is 0 Å². The Morgan fingerprint density at radius 3 is 2.69 bits per heavy atom. The Hall–Kier alpha value is -4.27. The topological polar surface area (TPSA) is 90.6 Å². The summed E-state index contributed by atoms with van der Waals surface area (Å²) in [6, 6.07) is 16.8. The van der Waals surface area contributed by atoms with E-state index < -0.39 is 6.67 Å². The fraction of sp³-hybridized carbons (Fsp3) is 0.130. The Morgan fingerprint density at radius 1 is 1.06 bits per heavy atom. The maximum atomic E-state index is 12.6. The molecule has 160 valence electrons. The first kappa shape index (κ1) is 19.7. The van der Waals surface area contributed by atoms with Crippen LogP contribution in [0.4, 0.5) is 4.39 Å². The van der Waals surface area contributed by atoms with E-state index in [-0.39, 0.29) is 12.3 Å². The highest BCUT2D eigenvalue weighted by Crippen LogP contribution is 2.28. The van der Waals surface area contributed by atoms with Crippen LogP contribution in [0.1, 0.15) is 5.56 Å². The quantitative estimate of drug-likeness (QED) is 0.428. The summed E-state index contributed by atoms with van der Waals surface area (Å²) in [5, 5.41) is 4.22. The van der Waals surface area contributed by atoms with Gasteiger partial charge in [-0.25, -0.2) is 23.8 Å². The number of imidazole rings is 1. The zero-order chi connectivity index (χ0) is 21.9. The molecule has 2 aromatic carbocycles. The van der Waals surface area contributed by atoms with Gasteiger partial charge in [0, 0.05) is 12.4 Å². The highest BCUT2D eigenvalue weighted by molar-refractivity contribution is 5.74. The summed E-state index contributed by atoms with van der Waals surface area (Å²) < 4.78 is 21.4. The molecule has 0 aliphatic rings. The molecule has 0 saturated carbocycles. The Labute approximate surface area is 182 Å². The van der Waals surface area contributed by atoms with Crippen molar-refractivity contribution in [2.24, 2.45) is 0 Å². The monoisotopic (exact) mass is 430 g/mol. The zero-order valence-electron chi connectivity index (χ0n) is 17.0. The van der Waals surface area contributed by atoms with Gasteiger partial charge in [0.05, 0.1) is 24.0 Å². The summed E-state index contributed by atoms with van der Waals surface area (Å²) in [4.78, 5) is 24.4. The number of aromatic nitrogens is 6. The van der Waals surface area contributed by atoms with Gasteiger partial charge in [0.1, 0.15) is 24.5 Å². The molecule has 0 atom stereocenters. The average molecular weight is 430 g/mol. The van der Waals surface area contributed by atoms with Gasteiger partial charge in [-0.2, -0.15) is 5.10 Å². The zero-order valence-corrected chi connectivity index (χ0v) is 17.0. The van der Waals surface area contributed by atoms with E-state index in [0.29, 0.717) is 34.8 Å². The number of H-pyrrole nitrogens is 1. The van der Waals surface area contributed by atoms with Gasteiger partial charge in [-0.05, 0) is 35.9 Å². The summed E-state index contributed by atoms with van der Waals surface area (Å²) in [6.07, 6.45) is 5.16. The largest absolute Gasteiger partial charge is 0.490 e. The van der Waals surface area contributed by atoms with E-state index in [0.717, 1.165) is 11.3 Å². The summed E-state index contributed by atoms with van der Waals surface area (Å²) in [5.41, 5.74) is 3.25. The van der Waals surface area contributed by atoms with Gasteiger partial charge in [-0.15, -0.1) is 0 Å². The third-order valence-electron chi connectivity index (χ3n) is 5.02. The lowest BCUT2D eigenvalue weighted by atomic mass is 10.2. The van der Waals surface area contributed by atoms with Crippen LogP contribution in [-0.2, 0) is 6.54 Å². The maximum absolute atomic E-state index is 12.6. The summed E-state index contributed by atoms with van der Waals surface area (Å²) in [7, 11) is 0. The molecule has 0 radical (unpaired) electrons. The molecule has 1 N–H and O–H groups in total. The van der Waals surface area contributed by atoms with Crippen molar-refractivity contribution in [3.05, 3.63) is 89.2 Å². The Morgan fingerprint density at radius 2 is 1.91 bits per heavy atom. The van der Waals surface area contributed by atoms with Crippen LogP contribution in [0.5, 0.6) is 5.75 Å². The van der Waals surface area contributed by atoms with Crippen LogP contribution in [-0.4, -0.2) is 42.6 Å². The molecule has 32 heavy (non-hydrogen) atoms. The van der Waals surface area contributed by atoms with Gasteiger partial charge in [0.15, 0.2) is 11.5 Å². The number of ether oxygens (including phenoxy) is 1. The fourth-order valence-electron chi connectivity index (χ4n) is 3.51. The Balaban J connectivity index is 1.50. The summed E-state index contributed by atoms with van der Waals surface area (Å²) in [5.74, 6) is 0.886. The molecule has 0 amide bonds. The molecular weight excluding hydrogens is 411 g/mol. The maximum Gasteiger partial charge on any atom is 0.328 e. The predicted molar refractivity (Wildman–Crippen MR) is 118 cm³/mol. The number of alkyl halides is 1. The summed E-state index contributed by atoms with van der Waals surface area (Å²) >= 11 is 0. The van der Waals surface area contributed by atoms with Crippen LogP contribution >= 0.6 is 0 Å². The minimum atomic E-state index is -0.592. The SMILES string of the molecule is O=c1[nH]c2cnc(-c3ccccc3OCCF)nc2n1Cc1ccc(-n2cccn2)cc1. The molecule has 5 aromatic rings. The second-order valence-corrected chi connectivity index (χ2v) is 7.10. The first-order valence-corrected chi connectivity index (χ1v) is 10.1. The molecule has 0 aliphatic heterocycles. The molecule has 0 bridgehead atoms. The Bertz CT molecular complexity index is 1410. The summed E-state index contributed by atoms with van der Waals surface area (Å²) in [6.45, 7) is -0.303. The van der Waals surface area contributed by atoms with E-state index in [9.17, 15) is 9.18 Å². The van der Waals surface area contributed by atoms with Gasteiger partial charge in [-0.1, -0.05) is 24.3 Å². The lowest BCUT2D eigenvalue weighted by molar-refractivity contribution is 0.274. The van der Waals surface area contributed by atoms with Gasteiger partial charge in [-0.3, -0.25) is 4.57 Å². The van der Waals surface area contributed by atoms with Crippen LogP contribution in [0.25, 0.3) is 28.2 Å². The molecule has 3 heterocycles. The Kier molecular flexibility index (Phi) is 5.20. The molecule has 0 unspecified atom stereocenters. The van der Waals surface area contributed by atoms with Crippen LogP contribution in [0.15, 0.2) is 78.0 Å². The van der Waals surface area contributed by atoms with Crippen molar-refractivity contribution in [2.45, 2.75) is 6.54 Å². The molecule has 0 fully saturated rings. The number of fused-ring (bicyclic) bond motifs is 1. The number of para-hydroxylation sites is 1. The van der Waals surface area contributed by atoms with Crippen molar-refractivity contribution >= 4 is 11.2 Å². The molecule has 0 saturated heterocycles. The van der Waals surface area contributed by atoms with Gasteiger partial charge in [0.25, 0.3) is 0 Å². The lowest BCUT2D eigenvalue weighted by Crippen LogP contribution is -2.17. The molecule has 8 nitrogen and oxygen atoms in total. The number of hydrogen-bond donors (Lipinski definition) is 1. The minimum Gasteiger partial charge on any atom is -0.490 e. The van der Waals surface area contributed by atoms with E-state index in [1.54, 1.807) is 39.8 Å². The van der Waals surface area contributed by atoms with Crippen molar-refractivity contribution in [1.82, 2.24) is 29.3 Å². The number of nitrogens with one attached hydrogen (secondary N) is 1. The molecule has 5 rings (SSSR count). The number of nitrogens with zero attached hydrogens (tertiary/aromatic N) is 5. The second kappa shape index (κ2) is 8.46. The number of rotatable bonds is 7. The molecule has 0 spiro atoms. The predicted octanol–water partition coefficient (Wildman–Crippen LogP) is 3.37. The molecule has 9 heteroatoms. The van der Waals surface area contributed by atoms with Crippen LogP contribution in [0, 0.1) is 0 Å². The standard InChI is InChI=1S/C23H19FN6O2/c24-10-13-32-20-5-2-1-4-18(20)21-25-14-19-22(28-21)29(23(31)27-19)15-16-6-8-17(9-7-16)30-12-3-11-26-30/h1-9,11-12,14H,10,13,15H2,(H,27,31). The van der Waals surface area contributed by atoms with E-state index in [1.807, 2.05) is 42.6 Å². The van der Waals surface area contributed by atoms with Crippen LogP contribution < -0.4 is 10.4 Å². The highest BCUT2D eigenvalue weighted by Gasteiger charge is 2.14. The highest BCUT2D eigenvalue weighted by atomic mass is 19.1. The lowest BCUT2D eigenvalue weighted by Gasteiger charge is -2.10. The molecular formula is C23H19FN6O2. The third kappa shape index (κ3) is 3.76. The second-order valence-electron chi connectivity index (χ2n) is 7.10. The number of aromatic amines is 1. The first-order chi connectivity index (χ1) is 15.7. The van der Waals surface area contributed by atoms with E-state index in [4.69, 9.17) is 4.74 Å². The van der Waals surface area contributed by atoms with E-state index in [2.05, 4.69) is 20.1 Å². The number of benzene rings is 2. The van der Waals surface area contributed by atoms with Gasteiger partial charge >= 0.3 is 5.69 Å². The van der Waals surface area contributed by atoms with Gasteiger partial charge in [0.2, 0.25) is 0 Å². The average Bonchev–Trinajstić information content (AvgIpc) is 3.47. The number of halogens is 1. The van der Waals surface area contributed by atoms with Crippen molar-refractivity contribution in [1.29, 1.82) is 0 Å². The fourth-order valence-corrected chi connectivity index (χ4v) is 3.51. The van der Waals surface area contributed by atoms with E-state index >= 15 is 0 Å². The normalized spacial score (nSPS) is 11.2. The van der Waals surface area contributed by atoms with Crippen molar-refractivity contribution in [3.8, 4) is 22.8 Å². The minimum absolute atomic E-state index is 0.0529. The third-order valence-corrected chi connectivity index (χ3v) is 5.02. The molecule has 3 aromatic heterocycles. The van der Waals surface area contributed by atoms with Crippen molar-refractivity contribution in [3.63, 3.8) is 0 Å². The first-order valence-electron chi connectivity index (χ1n) is 10.1. The van der Waals surface area contributed by atoms with Crippen molar-refractivity contribution < 1.29 is 9.13 Å². The number of hydrogen-bond acceptors (Lipinski definition) is 5. The smallest absolute Gasteiger partial charge is 0.328 e. The molecule has 0 aliphatic carbocycles. The van der Waals surface area contributed by atoms with Crippen LogP contribution in [0.3, 0.4) is 0 Å². The van der Waals surface area contributed by atoms with Crippen molar-refractivity contribution in [2.75, 3.05) is 13.3 Å². The van der Waals surface area contributed by atoms with Gasteiger partial charge < -0.3 is 9.72 Å².